The number of alkyl halides is 3. The number of hydrazone groups is 1. The number of halogens is 3. The van der Waals surface area contributed by atoms with E-state index in [9.17, 15) is 22.8 Å². The molecule has 1 aromatic carbocycles. The number of carbonyl (C=O) groups excluding carboxylic acids is 2. The molecule has 0 atom stereocenters. The summed E-state index contributed by atoms with van der Waals surface area (Å²) in [5.74, 6) is -2.24. The van der Waals surface area contributed by atoms with Crippen LogP contribution in [0, 0.1) is 0 Å². The number of benzene rings is 1. The molecule has 0 aliphatic rings. The normalized spacial score (nSPS) is 12.0. The Kier molecular flexibility index (Phi) is 11.0. The molecule has 0 unspecified atom stereocenters. The van der Waals surface area contributed by atoms with Gasteiger partial charge in [0, 0.05) is 12.1 Å². The van der Waals surface area contributed by atoms with E-state index in [4.69, 9.17) is 0 Å². The largest absolute Gasteiger partial charge is 0.471 e. The van der Waals surface area contributed by atoms with Crippen LogP contribution in [0.5, 0.6) is 0 Å². The lowest BCUT2D eigenvalue weighted by atomic mass is 10.1. The van der Waals surface area contributed by atoms with Crippen LogP contribution in [0.4, 0.5) is 18.9 Å². The number of amides is 2. The van der Waals surface area contributed by atoms with E-state index in [0.717, 1.165) is 19.3 Å². The summed E-state index contributed by atoms with van der Waals surface area (Å²) in [5, 5.41) is 5.79. The van der Waals surface area contributed by atoms with Gasteiger partial charge in [-0.3, -0.25) is 9.59 Å². The van der Waals surface area contributed by atoms with Crippen LogP contribution in [-0.4, -0.2) is 23.7 Å². The lowest BCUT2D eigenvalue weighted by molar-refractivity contribution is -0.167. The fourth-order valence-corrected chi connectivity index (χ4v) is 2.71. The summed E-state index contributed by atoms with van der Waals surface area (Å²) >= 11 is 0. The fourth-order valence-electron chi connectivity index (χ4n) is 2.71. The lowest BCUT2D eigenvalue weighted by Crippen LogP contribution is -2.29. The summed E-state index contributed by atoms with van der Waals surface area (Å²) in [7, 11) is 0. The molecule has 162 valence electrons. The zero-order valence-electron chi connectivity index (χ0n) is 17.1. The van der Waals surface area contributed by atoms with Crippen LogP contribution in [0.1, 0.15) is 77.2 Å². The molecule has 2 amide bonds. The van der Waals surface area contributed by atoms with Crippen LogP contribution in [0.15, 0.2) is 29.4 Å². The van der Waals surface area contributed by atoms with Crippen molar-refractivity contribution in [2.75, 3.05) is 5.32 Å². The molecule has 0 aliphatic carbocycles. The van der Waals surface area contributed by atoms with Crippen LogP contribution in [0.2, 0.25) is 0 Å². The van der Waals surface area contributed by atoms with Crippen molar-refractivity contribution in [1.82, 2.24) is 5.43 Å². The molecular weight excluding hydrogens is 383 g/mol. The quantitative estimate of drug-likeness (QED) is 0.268. The maximum Gasteiger partial charge on any atom is 0.471 e. The van der Waals surface area contributed by atoms with Gasteiger partial charge in [0.05, 0.1) is 5.71 Å². The maximum atomic E-state index is 12.3. The molecule has 0 bridgehead atoms. The number of carbonyl (C=O) groups is 2. The van der Waals surface area contributed by atoms with Gasteiger partial charge in [-0.2, -0.15) is 18.3 Å². The van der Waals surface area contributed by atoms with E-state index in [0.29, 0.717) is 17.7 Å². The average molecular weight is 413 g/mol. The summed E-state index contributed by atoms with van der Waals surface area (Å²) in [6.45, 7) is 3.81. The SMILES string of the molecule is CCCCCCCCCCC(=O)N/N=C(/C)c1cccc(NC(=O)C(F)(F)F)c1. The molecule has 29 heavy (non-hydrogen) atoms. The van der Waals surface area contributed by atoms with Crippen LogP contribution in [-0.2, 0) is 9.59 Å². The molecule has 0 saturated carbocycles. The molecular formula is C21H30F3N3O2. The van der Waals surface area contributed by atoms with Crippen molar-refractivity contribution >= 4 is 23.2 Å². The first-order valence-corrected chi connectivity index (χ1v) is 10.1. The first-order chi connectivity index (χ1) is 13.7. The number of rotatable bonds is 12. The predicted molar refractivity (Wildman–Crippen MR) is 109 cm³/mol. The standard InChI is InChI=1S/C21H30F3N3O2/c1-3-4-5-6-7-8-9-10-14-19(28)27-26-16(2)17-12-11-13-18(15-17)25-20(29)21(22,23)24/h11-13,15H,3-10,14H2,1-2H3,(H,25,29)(H,27,28)/b26-16-. The molecule has 0 aliphatic heterocycles. The minimum absolute atomic E-state index is 0.00429. The van der Waals surface area contributed by atoms with Crippen molar-refractivity contribution < 1.29 is 22.8 Å². The fraction of sp³-hybridized carbons (Fsp3) is 0.571. The third-order valence-corrected chi connectivity index (χ3v) is 4.40. The highest BCUT2D eigenvalue weighted by molar-refractivity contribution is 6.01. The Labute approximate surface area is 170 Å². The maximum absolute atomic E-state index is 12.3. The van der Waals surface area contributed by atoms with E-state index >= 15 is 0 Å². The molecule has 1 rings (SSSR count). The van der Waals surface area contributed by atoms with Gasteiger partial charge in [-0.05, 0) is 31.0 Å². The molecule has 5 nitrogen and oxygen atoms in total. The Morgan fingerprint density at radius 3 is 2.24 bits per heavy atom. The number of hydrogen-bond acceptors (Lipinski definition) is 3. The highest BCUT2D eigenvalue weighted by Gasteiger charge is 2.38. The van der Waals surface area contributed by atoms with E-state index in [-0.39, 0.29) is 11.6 Å². The minimum Gasteiger partial charge on any atom is -0.318 e. The third kappa shape index (κ3) is 10.7. The number of nitrogens with zero attached hydrogens (tertiary/aromatic N) is 1. The van der Waals surface area contributed by atoms with Crippen LogP contribution in [0.25, 0.3) is 0 Å². The second kappa shape index (κ2) is 13.0. The highest BCUT2D eigenvalue weighted by atomic mass is 19.4. The Balaban J connectivity index is 2.40. The van der Waals surface area contributed by atoms with Gasteiger partial charge >= 0.3 is 12.1 Å². The van der Waals surface area contributed by atoms with Gasteiger partial charge < -0.3 is 5.32 Å². The Morgan fingerprint density at radius 1 is 1.00 bits per heavy atom. The molecule has 0 radical (unpaired) electrons. The van der Waals surface area contributed by atoms with Gasteiger partial charge in [-0.15, -0.1) is 0 Å². The lowest BCUT2D eigenvalue weighted by Gasteiger charge is -2.09. The van der Waals surface area contributed by atoms with E-state index in [2.05, 4.69) is 17.5 Å². The minimum atomic E-state index is -4.96. The molecule has 0 spiro atoms. The third-order valence-electron chi connectivity index (χ3n) is 4.40. The zero-order chi connectivity index (χ0) is 21.7. The van der Waals surface area contributed by atoms with Gasteiger partial charge in [0.2, 0.25) is 5.91 Å². The van der Waals surface area contributed by atoms with E-state index in [1.807, 2.05) is 0 Å². The first kappa shape index (κ1) is 24.7. The second-order valence-electron chi connectivity index (χ2n) is 6.99. The summed E-state index contributed by atoms with van der Waals surface area (Å²) < 4.78 is 37.0. The highest BCUT2D eigenvalue weighted by Crippen LogP contribution is 2.19. The van der Waals surface area contributed by atoms with Gasteiger partial charge in [0.25, 0.3) is 0 Å². The number of nitrogens with one attached hydrogen (secondary N) is 2. The first-order valence-electron chi connectivity index (χ1n) is 10.1. The summed E-state index contributed by atoms with van der Waals surface area (Å²) in [6.07, 6.45) is 4.56. The van der Waals surface area contributed by atoms with E-state index in [1.54, 1.807) is 18.3 Å². The van der Waals surface area contributed by atoms with E-state index in [1.165, 1.54) is 50.3 Å². The monoisotopic (exact) mass is 413 g/mol. The second-order valence-corrected chi connectivity index (χ2v) is 6.99. The van der Waals surface area contributed by atoms with E-state index < -0.39 is 12.1 Å². The summed E-state index contributed by atoms with van der Waals surface area (Å²) in [5.41, 5.74) is 3.40. The molecule has 8 heteroatoms. The molecule has 0 fully saturated rings. The smallest absolute Gasteiger partial charge is 0.318 e. The number of unbranched alkanes of at least 4 members (excludes halogenated alkanes) is 7. The summed E-state index contributed by atoms with van der Waals surface area (Å²) in [6, 6.07) is 5.85. The van der Waals surface area contributed by atoms with Crippen molar-refractivity contribution in [3.8, 4) is 0 Å². The molecule has 0 saturated heterocycles. The average Bonchev–Trinajstić information content (AvgIpc) is 2.67. The van der Waals surface area contributed by atoms with Crippen LogP contribution < -0.4 is 10.7 Å². The number of hydrogen-bond donors (Lipinski definition) is 2. The van der Waals surface area contributed by atoms with Crippen LogP contribution >= 0.6 is 0 Å². The molecule has 0 heterocycles. The number of anilines is 1. The van der Waals surface area contributed by atoms with Crippen molar-refractivity contribution in [3.05, 3.63) is 29.8 Å². The Hall–Kier alpha value is -2.38. The predicted octanol–water partition coefficient (Wildman–Crippen LogP) is 5.56. The van der Waals surface area contributed by atoms with Crippen molar-refractivity contribution in [2.45, 2.75) is 77.8 Å². The van der Waals surface area contributed by atoms with Crippen molar-refractivity contribution in [3.63, 3.8) is 0 Å². The topological polar surface area (TPSA) is 70.6 Å². The van der Waals surface area contributed by atoms with Crippen molar-refractivity contribution in [1.29, 1.82) is 0 Å². The Morgan fingerprint density at radius 2 is 1.62 bits per heavy atom. The van der Waals surface area contributed by atoms with Gasteiger partial charge in [-0.25, -0.2) is 5.43 Å². The Bertz CT molecular complexity index is 688. The van der Waals surface area contributed by atoms with Gasteiger partial charge in [-0.1, -0.05) is 64.0 Å². The molecule has 0 aromatic heterocycles. The van der Waals surface area contributed by atoms with Crippen molar-refractivity contribution in [2.24, 2.45) is 5.10 Å². The van der Waals surface area contributed by atoms with Crippen LogP contribution in [0.3, 0.4) is 0 Å². The van der Waals surface area contributed by atoms with Gasteiger partial charge in [0.15, 0.2) is 0 Å². The molecule has 1 aromatic rings. The molecule has 2 N–H and O–H groups in total. The zero-order valence-corrected chi connectivity index (χ0v) is 17.1. The summed E-state index contributed by atoms with van der Waals surface area (Å²) in [4.78, 5) is 22.9. The van der Waals surface area contributed by atoms with Gasteiger partial charge in [0.1, 0.15) is 0 Å².